The molecule has 0 aromatic carbocycles. The molecular formula is C10H24N2O2. The van der Waals surface area contributed by atoms with Crippen molar-refractivity contribution in [3.05, 3.63) is 0 Å². The van der Waals surface area contributed by atoms with Crippen LogP contribution in [0, 0.1) is 5.92 Å². The van der Waals surface area contributed by atoms with Crippen LogP contribution in [0.4, 0.5) is 0 Å². The molecule has 0 heterocycles. The fraction of sp³-hybridized carbons (Fsp3) is 1.00. The van der Waals surface area contributed by atoms with Gasteiger partial charge < -0.3 is 20.1 Å². The third kappa shape index (κ3) is 9.92. The molecule has 2 N–H and O–H groups in total. The first-order chi connectivity index (χ1) is 6.66. The Bertz CT molecular complexity index is 121. The second-order valence-electron chi connectivity index (χ2n) is 3.91. The van der Waals surface area contributed by atoms with E-state index in [2.05, 4.69) is 10.2 Å². The molecule has 4 nitrogen and oxygen atoms in total. The van der Waals surface area contributed by atoms with Gasteiger partial charge in [-0.2, -0.15) is 0 Å². The van der Waals surface area contributed by atoms with Gasteiger partial charge in [0.15, 0.2) is 0 Å². The van der Waals surface area contributed by atoms with E-state index in [9.17, 15) is 0 Å². The molecule has 0 amide bonds. The van der Waals surface area contributed by atoms with Crippen LogP contribution in [0.2, 0.25) is 0 Å². The summed E-state index contributed by atoms with van der Waals surface area (Å²) in [7, 11) is 4.06. The van der Waals surface area contributed by atoms with Crippen molar-refractivity contribution in [2.24, 2.45) is 5.92 Å². The molecule has 0 bridgehead atoms. The number of rotatable bonds is 9. The Hall–Kier alpha value is -0.160. The Balaban J connectivity index is 2.99. The Kier molecular flexibility index (Phi) is 9.29. The van der Waals surface area contributed by atoms with Gasteiger partial charge in [0.1, 0.15) is 0 Å². The Labute approximate surface area is 87.2 Å². The lowest BCUT2D eigenvalue weighted by molar-refractivity contribution is 0.118. The summed E-state index contributed by atoms with van der Waals surface area (Å²) in [5.41, 5.74) is 0. The van der Waals surface area contributed by atoms with Gasteiger partial charge >= 0.3 is 0 Å². The first kappa shape index (κ1) is 13.8. The van der Waals surface area contributed by atoms with Crippen molar-refractivity contribution in [3.63, 3.8) is 0 Å². The lowest BCUT2D eigenvalue weighted by Crippen LogP contribution is -2.27. The minimum absolute atomic E-state index is 0.245. The number of likely N-dealkylation sites (N-methyl/N-ethyl adjacent to an activating group) is 1. The first-order valence-electron chi connectivity index (χ1n) is 5.21. The SMILES string of the molecule is CC(CO)CNCCOCCN(C)C. The third-order valence-corrected chi connectivity index (χ3v) is 1.91. The predicted octanol–water partition coefficient (Wildman–Crippen LogP) is -0.217. The van der Waals surface area contributed by atoms with Crippen molar-refractivity contribution in [3.8, 4) is 0 Å². The molecule has 0 aliphatic carbocycles. The molecular weight excluding hydrogens is 180 g/mol. The maximum Gasteiger partial charge on any atom is 0.0593 e. The van der Waals surface area contributed by atoms with E-state index in [1.165, 1.54) is 0 Å². The van der Waals surface area contributed by atoms with Gasteiger partial charge in [-0.3, -0.25) is 0 Å². The highest BCUT2D eigenvalue weighted by atomic mass is 16.5. The number of aliphatic hydroxyl groups is 1. The van der Waals surface area contributed by atoms with Gasteiger partial charge in [0.25, 0.3) is 0 Å². The third-order valence-electron chi connectivity index (χ3n) is 1.91. The van der Waals surface area contributed by atoms with Crippen LogP contribution in [0.25, 0.3) is 0 Å². The number of ether oxygens (including phenoxy) is 1. The first-order valence-corrected chi connectivity index (χ1v) is 5.21. The van der Waals surface area contributed by atoms with Crippen molar-refractivity contribution in [2.45, 2.75) is 6.92 Å². The molecule has 0 aromatic heterocycles. The Morgan fingerprint density at radius 3 is 2.64 bits per heavy atom. The number of hydrogen-bond acceptors (Lipinski definition) is 4. The highest BCUT2D eigenvalue weighted by Gasteiger charge is 1.97. The van der Waals surface area contributed by atoms with Crippen LogP contribution in [0.3, 0.4) is 0 Å². The average Bonchev–Trinajstić information content (AvgIpc) is 2.15. The Morgan fingerprint density at radius 1 is 1.36 bits per heavy atom. The lowest BCUT2D eigenvalue weighted by Gasteiger charge is -2.11. The van der Waals surface area contributed by atoms with Gasteiger partial charge in [-0.25, -0.2) is 0 Å². The van der Waals surface area contributed by atoms with Crippen molar-refractivity contribution in [1.82, 2.24) is 10.2 Å². The average molecular weight is 204 g/mol. The van der Waals surface area contributed by atoms with Crippen LogP contribution in [0.1, 0.15) is 6.92 Å². The summed E-state index contributed by atoms with van der Waals surface area (Å²) < 4.78 is 5.39. The van der Waals surface area contributed by atoms with Gasteiger partial charge in [0, 0.05) is 19.7 Å². The van der Waals surface area contributed by atoms with E-state index in [1.807, 2.05) is 21.0 Å². The summed E-state index contributed by atoms with van der Waals surface area (Å²) in [5, 5.41) is 12.0. The fourth-order valence-corrected chi connectivity index (χ4v) is 0.907. The minimum Gasteiger partial charge on any atom is -0.396 e. The molecule has 0 aliphatic heterocycles. The zero-order valence-electron chi connectivity index (χ0n) is 9.62. The summed E-state index contributed by atoms with van der Waals surface area (Å²) in [4.78, 5) is 2.10. The highest BCUT2D eigenvalue weighted by Crippen LogP contribution is 1.87. The topological polar surface area (TPSA) is 44.7 Å². The molecule has 1 unspecified atom stereocenters. The van der Waals surface area contributed by atoms with E-state index >= 15 is 0 Å². The maximum absolute atomic E-state index is 8.76. The van der Waals surface area contributed by atoms with Crippen molar-refractivity contribution in [1.29, 1.82) is 0 Å². The molecule has 0 radical (unpaired) electrons. The summed E-state index contributed by atoms with van der Waals surface area (Å²) in [6.45, 7) is 6.46. The minimum atomic E-state index is 0.245. The normalized spacial score (nSPS) is 13.5. The quantitative estimate of drug-likeness (QED) is 0.510. The van der Waals surface area contributed by atoms with Gasteiger partial charge in [-0.15, -0.1) is 0 Å². The van der Waals surface area contributed by atoms with E-state index in [0.717, 1.165) is 32.8 Å². The van der Waals surface area contributed by atoms with Gasteiger partial charge in [0.05, 0.1) is 13.2 Å². The zero-order chi connectivity index (χ0) is 10.8. The van der Waals surface area contributed by atoms with E-state index in [1.54, 1.807) is 0 Å². The smallest absolute Gasteiger partial charge is 0.0593 e. The largest absolute Gasteiger partial charge is 0.396 e. The standard InChI is InChI=1S/C10H24N2O2/c1-10(9-13)8-11-4-6-14-7-5-12(2)3/h10-11,13H,4-9H2,1-3H3. The van der Waals surface area contributed by atoms with Crippen molar-refractivity contribution >= 4 is 0 Å². The Morgan fingerprint density at radius 2 is 2.07 bits per heavy atom. The van der Waals surface area contributed by atoms with Crippen LogP contribution in [-0.4, -0.2) is 63.6 Å². The molecule has 0 aromatic rings. The molecule has 14 heavy (non-hydrogen) atoms. The maximum atomic E-state index is 8.76. The number of aliphatic hydroxyl groups excluding tert-OH is 1. The summed E-state index contributed by atoms with van der Waals surface area (Å²) in [5.74, 6) is 0.330. The highest BCUT2D eigenvalue weighted by molar-refractivity contribution is 4.54. The van der Waals surface area contributed by atoms with Crippen LogP contribution in [-0.2, 0) is 4.74 Å². The zero-order valence-corrected chi connectivity index (χ0v) is 9.62. The molecule has 86 valence electrons. The number of nitrogens with zero attached hydrogens (tertiary/aromatic N) is 1. The van der Waals surface area contributed by atoms with E-state index in [0.29, 0.717) is 5.92 Å². The molecule has 0 aliphatic rings. The molecule has 0 saturated carbocycles. The van der Waals surface area contributed by atoms with Crippen LogP contribution < -0.4 is 5.32 Å². The second kappa shape index (κ2) is 9.40. The molecule has 0 fully saturated rings. The molecule has 1 atom stereocenters. The second-order valence-corrected chi connectivity index (χ2v) is 3.91. The lowest BCUT2D eigenvalue weighted by atomic mass is 10.2. The van der Waals surface area contributed by atoms with Crippen LogP contribution >= 0.6 is 0 Å². The monoisotopic (exact) mass is 204 g/mol. The summed E-state index contributed by atoms with van der Waals surface area (Å²) in [6, 6.07) is 0. The number of hydrogen-bond donors (Lipinski definition) is 2. The van der Waals surface area contributed by atoms with Gasteiger partial charge in [0.2, 0.25) is 0 Å². The van der Waals surface area contributed by atoms with Gasteiger partial charge in [-0.05, 0) is 26.6 Å². The van der Waals surface area contributed by atoms with Crippen LogP contribution in [0.5, 0.6) is 0 Å². The van der Waals surface area contributed by atoms with E-state index in [4.69, 9.17) is 9.84 Å². The molecule has 0 rings (SSSR count). The summed E-state index contributed by atoms with van der Waals surface area (Å²) in [6.07, 6.45) is 0. The van der Waals surface area contributed by atoms with Gasteiger partial charge in [-0.1, -0.05) is 6.92 Å². The van der Waals surface area contributed by atoms with Crippen LogP contribution in [0.15, 0.2) is 0 Å². The fourth-order valence-electron chi connectivity index (χ4n) is 0.907. The van der Waals surface area contributed by atoms with E-state index < -0.39 is 0 Å². The summed E-state index contributed by atoms with van der Waals surface area (Å²) >= 11 is 0. The molecule has 4 heteroatoms. The number of nitrogens with one attached hydrogen (secondary N) is 1. The molecule has 0 spiro atoms. The predicted molar refractivity (Wildman–Crippen MR) is 58.5 cm³/mol. The van der Waals surface area contributed by atoms with E-state index in [-0.39, 0.29) is 6.61 Å². The van der Waals surface area contributed by atoms with Crippen molar-refractivity contribution < 1.29 is 9.84 Å². The molecule has 0 saturated heterocycles. The van der Waals surface area contributed by atoms with Crippen molar-refractivity contribution in [2.75, 3.05) is 53.6 Å².